The van der Waals surface area contributed by atoms with Crippen LogP contribution in [0.5, 0.6) is 0 Å². The van der Waals surface area contributed by atoms with E-state index in [1.54, 1.807) is 19.1 Å². The second-order valence-electron chi connectivity index (χ2n) is 7.27. The third-order valence-electron chi connectivity index (χ3n) is 5.16. The summed E-state index contributed by atoms with van der Waals surface area (Å²) < 4.78 is 11.6. The van der Waals surface area contributed by atoms with Crippen LogP contribution in [-0.4, -0.2) is 35.9 Å². The van der Waals surface area contributed by atoms with Gasteiger partial charge in [-0.15, -0.1) is 0 Å². The van der Waals surface area contributed by atoms with Gasteiger partial charge in [-0.1, -0.05) is 29.5 Å². The normalized spacial score (nSPS) is 19.5. The summed E-state index contributed by atoms with van der Waals surface area (Å²) in [6.07, 6.45) is 6.56. The molecule has 31 heavy (non-hydrogen) atoms. The van der Waals surface area contributed by atoms with E-state index >= 15 is 0 Å². The molecule has 0 bridgehead atoms. The number of carbonyl (C=O) groups excluding carboxylic acids is 3. The first-order valence-electron chi connectivity index (χ1n) is 10.1. The minimum Gasteiger partial charge on any atom is -0.488 e. The fourth-order valence-corrected chi connectivity index (χ4v) is 4.58. The molecule has 1 aromatic heterocycles. The number of thiazole rings is 1. The van der Waals surface area contributed by atoms with Crippen LogP contribution in [-0.2, 0) is 23.9 Å². The molecular weight excluding hydrogens is 416 g/mol. The minimum atomic E-state index is -0.487. The molecule has 1 fully saturated rings. The van der Waals surface area contributed by atoms with Crippen LogP contribution in [0.25, 0.3) is 10.2 Å². The van der Waals surface area contributed by atoms with E-state index in [0.29, 0.717) is 34.9 Å². The van der Waals surface area contributed by atoms with Crippen molar-refractivity contribution in [2.75, 3.05) is 18.5 Å². The number of rotatable bonds is 6. The maximum absolute atomic E-state index is 12.7. The summed E-state index contributed by atoms with van der Waals surface area (Å²) in [5.74, 6) is -0.195. The van der Waals surface area contributed by atoms with Crippen LogP contribution in [0.3, 0.4) is 0 Å². The lowest BCUT2D eigenvalue weighted by Crippen LogP contribution is -2.25. The van der Waals surface area contributed by atoms with E-state index in [1.807, 2.05) is 24.3 Å². The molecule has 160 valence electrons. The number of benzene rings is 1. The number of aromatic nitrogens is 1. The number of carbonyl (C=O) groups is 3. The summed E-state index contributed by atoms with van der Waals surface area (Å²) in [6.45, 7) is 1.88. The zero-order valence-electron chi connectivity index (χ0n) is 17.1. The topological polar surface area (TPSA) is 94.6 Å². The first-order chi connectivity index (χ1) is 15.0. The van der Waals surface area contributed by atoms with Gasteiger partial charge < -0.3 is 9.47 Å². The van der Waals surface area contributed by atoms with Gasteiger partial charge in [0.05, 0.1) is 22.6 Å². The number of esters is 1. The Morgan fingerprint density at radius 1 is 1.29 bits per heavy atom. The van der Waals surface area contributed by atoms with Crippen LogP contribution in [0.2, 0.25) is 0 Å². The van der Waals surface area contributed by atoms with Gasteiger partial charge in [0.2, 0.25) is 0 Å². The number of hydrogen-bond acceptors (Lipinski definition) is 7. The van der Waals surface area contributed by atoms with Gasteiger partial charge in [-0.2, -0.15) is 0 Å². The molecule has 4 rings (SSSR count). The Morgan fingerprint density at radius 3 is 2.94 bits per heavy atom. The van der Waals surface area contributed by atoms with Crippen molar-refractivity contribution in [2.45, 2.75) is 26.2 Å². The van der Waals surface area contributed by atoms with E-state index in [2.05, 4.69) is 10.3 Å². The number of fused-ring (bicyclic) bond motifs is 2. The molecule has 1 unspecified atom stereocenters. The molecule has 1 heterocycles. The highest BCUT2D eigenvalue weighted by molar-refractivity contribution is 7.22. The van der Waals surface area contributed by atoms with Gasteiger partial charge in [-0.25, -0.2) is 9.78 Å². The summed E-state index contributed by atoms with van der Waals surface area (Å²) >= 11 is 1.41. The molecule has 7 nitrogen and oxygen atoms in total. The van der Waals surface area contributed by atoms with Crippen molar-refractivity contribution in [1.82, 2.24) is 4.98 Å². The van der Waals surface area contributed by atoms with E-state index in [9.17, 15) is 14.4 Å². The van der Waals surface area contributed by atoms with Crippen molar-refractivity contribution in [3.05, 3.63) is 59.4 Å². The van der Waals surface area contributed by atoms with Crippen molar-refractivity contribution >= 4 is 44.3 Å². The quantitative estimate of drug-likeness (QED) is 0.542. The molecular formula is C23H22N2O5S. The van der Waals surface area contributed by atoms with Crippen LogP contribution in [0.1, 0.15) is 26.2 Å². The molecule has 1 atom stereocenters. The number of hydrogen-bond donors (Lipinski definition) is 1. The molecule has 1 N–H and O–H groups in total. The standard InChI is InChI=1S/C23H22N2O5S/c1-2-29-21(27)12-15-8-7-14-11-16(9-10-17(14)22(15)28)30-13-20(26)25-23-24-18-5-3-4-6-19(18)31-23/h3-6,9-10,12,14H,2,7-8,11,13H2,1H3,(H,24,25,26). The molecule has 2 aliphatic carbocycles. The van der Waals surface area contributed by atoms with Crippen molar-refractivity contribution in [1.29, 1.82) is 0 Å². The molecule has 0 aliphatic heterocycles. The number of para-hydroxylation sites is 1. The molecule has 1 saturated carbocycles. The highest BCUT2D eigenvalue weighted by Gasteiger charge is 2.32. The van der Waals surface area contributed by atoms with Crippen LogP contribution in [0.4, 0.5) is 5.13 Å². The number of Topliss-reactive ketones (excluding diaryl/α,β-unsaturated/α-hetero) is 1. The zero-order valence-corrected chi connectivity index (χ0v) is 17.9. The monoisotopic (exact) mass is 438 g/mol. The Labute approximate surface area is 183 Å². The lowest BCUT2D eigenvalue weighted by atomic mass is 9.76. The highest BCUT2D eigenvalue weighted by Crippen LogP contribution is 2.37. The number of anilines is 1. The maximum Gasteiger partial charge on any atom is 0.331 e. The second kappa shape index (κ2) is 9.26. The Balaban J connectivity index is 1.34. The van der Waals surface area contributed by atoms with Crippen molar-refractivity contribution < 1.29 is 23.9 Å². The Morgan fingerprint density at radius 2 is 2.13 bits per heavy atom. The predicted octanol–water partition coefficient (Wildman–Crippen LogP) is 3.93. The van der Waals surface area contributed by atoms with Gasteiger partial charge in [-0.3, -0.25) is 14.9 Å². The summed E-state index contributed by atoms with van der Waals surface area (Å²) in [6, 6.07) is 7.68. The lowest BCUT2D eigenvalue weighted by molar-refractivity contribution is -0.137. The average molecular weight is 439 g/mol. The number of nitrogens with one attached hydrogen (secondary N) is 1. The van der Waals surface area contributed by atoms with E-state index in [4.69, 9.17) is 9.47 Å². The largest absolute Gasteiger partial charge is 0.488 e. The number of amides is 1. The minimum absolute atomic E-state index is 0.0270. The van der Waals surface area contributed by atoms with Crippen LogP contribution in [0.15, 0.2) is 59.4 Å². The van der Waals surface area contributed by atoms with Crippen molar-refractivity contribution in [3.8, 4) is 0 Å². The molecule has 8 heteroatoms. The summed E-state index contributed by atoms with van der Waals surface area (Å²) in [5.41, 5.74) is 2.00. The van der Waals surface area contributed by atoms with Crippen LogP contribution < -0.4 is 5.32 Å². The molecule has 0 spiro atoms. The van der Waals surface area contributed by atoms with Gasteiger partial charge >= 0.3 is 5.97 Å². The molecule has 1 amide bonds. The molecule has 2 aromatic rings. The fourth-order valence-electron chi connectivity index (χ4n) is 3.70. The third-order valence-corrected chi connectivity index (χ3v) is 6.11. The Bertz CT molecular complexity index is 1090. The number of ether oxygens (including phenoxy) is 2. The lowest BCUT2D eigenvalue weighted by Gasteiger charge is -2.29. The third kappa shape index (κ3) is 4.91. The van der Waals surface area contributed by atoms with Gasteiger partial charge in [0.1, 0.15) is 0 Å². The summed E-state index contributed by atoms with van der Waals surface area (Å²) in [7, 11) is 0. The zero-order chi connectivity index (χ0) is 21.8. The second-order valence-corrected chi connectivity index (χ2v) is 8.30. The van der Waals surface area contributed by atoms with Gasteiger partial charge in [-0.05, 0) is 43.9 Å². The Kier molecular flexibility index (Phi) is 6.27. The smallest absolute Gasteiger partial charge is 0.331 e. The van der Waals surface area contributed by atoms with Crippen LogP contribution in [0, 0.1) is 5.92 Å². The van der Waals surface area contributed by atoms with E-state index in [1.165, 1.54) is 17.4 Å². The Hall–Kier alpha value is -3.26. The summed E-state index contributed by atoms with van der Waals surface area (Å²) in [5, 5.41) is 3.30. The van der Waals surface area contributed by atoms with Crippen LogP contribution >= 0.6 is 11.3 Å². The predicted molar refractivity (Wildman–Crippen MR) is 117 cm³/mol. The van der Waals surface area contributed by atoms with Gasteiger partial charge in [0, 0.05) is 23.6 Å². The van der Waals surface area contributed by atoms with Gasteiger partial charge in [0.25, 0.3) is 5.91 Å². The average Bonchev–Trinajstić information content (AvgIpc) is 3.16. The maximum atomic E-state index is 12.7. The molecule has 2 aliphatic rings. The summed E-state index contributed by atoms with van der Waals surface area (Å²) in [4.78, 5) is 40.9. The van der Waals surface area contributed by atoms with Crippen molar-refractivity contribution in [3.63, 3.8) is 0 Å². The number of allylic oxidation sites excluding steroid dienone is 5. The van der Waals surface area contributed by atoms with E-state index in [0.717, 1.165) is 16.6 Å². The number of nitrogens with zero attached hydrogens (tertiary/aromatic N) is 1. The van der Waals surface area contributed by atoms with Crippen molar-refractivity contribution in [2.24, 2.45) is 5.92 Å². The first-order valence-corrected chi connectivity index (χ1v) is 11.0. The van der Waals surface area contributed by atoms with Gasteiger partial charge in [0.15, 0.2) is 17.5 Å². The fraction of sp³-hybridized carbons (Fsp3) is 0.304. The first kappa shape index (κ1) is 21.0. The van der Waals surface area contributed by atoms with E-state index < -0.39 is 5.97 Å². The SMILES string of the molecule is CCOC(=O)C=C1CCC2CC(OCC(=O)Nc3nc4ccccc4s3)=CC=C2C1=O. The van der Waals surface area contributed by atoms with E-state index in [-0.39, 0.29) is 30.8 Å². The molecule has 0 radical (unpaired) electrons. The highest BCUT2D eigenvalue weighted by atomic mass is 32.1. The molecule has 0 saturated heterocycles. The number of ketones is 1. The molecule has 1 aromatic carbocycles.